The molecule has 0 aliphatic carbocycles. The lowest BCUT2D eigenvalue weighted by molar-refractivity contribution is -0.111. The van der Waals surface area contributed by atoms with Crippen LogP contribution in [0.15, 0.2) is 66.3 Å². The summed E-state index contributed by atoms with van der Waals surface area (Å²) in [4.78, 5) is 11.8. The molecule has 110 valence electrons. The number of carbonyl (C=O) groups is 1. The van der Waals surface area contributed by atoms with Crippen molar-refractivity contribution in [3.63, 3.8) is 0 Å². The van der Waals surface area contributed by atoms with Gasteiger partial charge in [-0.2, -0.15) is 0 Å². The van der Waals surface area contributed by atoms with Crippen LogP contribution in [0.4, 0.5) is 10.1 Å². The molecule has 0 saturated carbocycles. The van der Waals surface area contributed by atoms with Gasteiger partial charge >= 0.3 is 0 Å². The molecule has 2 aromatic carbocycles. The van der Waals surface area contributed by atoms with E-state index in [0.29, 0.717) is 6.61 Å². The highest BCUT2D eigenvalue weighted by atomic mass is 19.1. The van der Waals surface area contributed by atoms with Gasteiger partial charge < -0.3 is 10.1 Å². The number of ether oxygens (including phenoxy) is 1. The molecule has 2 aromatic rings. The van der Waals surface area contributed by atoms with Gasteiger partial charge in [0.2, 0.25) is 5.91 Å². The van der Waals surface area contributed by atoms with E-state index < -0.39 is 5.82 Å². The van der Waals surface area contributed by atoms with Gasteiger partial charge in [0.15, 0.2) is 0 Å². The number of hydrogen-bond donors (Lipinski definition) is 1. The quantitative estimate of drug-likeness (QED) is 0.875. The summed E-state index contributed by atoms with van der Waals surface area (Å²) in [6.07, 6.45) is 5.01. The highest BCUT2D eigenvalue weighted by molar-refractivity contribution is 5.99. The van der Waals surface area contributed by atoms with E-state index in [0.717, 1.165) is 16.9 Å². The van der Waals surface area contributed by atoms with Crippen LogP contribution in [-0.2, 0) is 4.79 Å². The average molecular weight is 295 g/mol. The van der Waals surface area contributed by atoms with Gasteiger partial charge in [-0.25, -0.2) is 4.39 Å². The molecule has 0 saturated heterocycles. The molecule has 1 aliphatic rings. The second-order valence-electron chi connectivity index (χ2n) is 4.85. The van der Waals surface area contributed by atoms with Gasteiger partial charge in [0.25, 0.3) is 0 Å². The third-order valence-electron chi connectivity index (χ3n) is 3.23. The van der Waals surface area contributed by atoms with Crippen LogP contribution in [-0.4, -0.2) is 12.5 Å². The van der Waals surface area contributed by atoms with Crippen molar-refractivity contribution in [2.24, 2.45) is 0 Å². The van der Waals surface area contributed by atoms with Crippen molar-refractivity contribution >= 4 is 17.7 Å². The first-order valence-corrected chi connectivity index (χ1v) is 6.88. The molecule has 3 rings (SSSR count). The predicted octanol–water partition coefficient (Wildman–Crippen LogP) is 3.80. The molecule has 1 N–H and O–H groups in total. The first kappa shape index (κ1) is 14.1. The number of fused-ring (bicyclic) bond motifs is 1. The molecule has 0 radical (unpaired) electrons. The minimum absolute atomic E-state index is 0.163. The third-order valence-corrected chi connectivity index (χ3v) is 3.23. The van der Waals surface area contributed by atoms with E-state index >= 15 is 0 Å². The summed E-state index contributed by atoms with van der Waals surface area (Å²) in [6.45, 7) is 0.403. The number of benzene rings is 2. The summed E-state index contributed by atoms with van der Waals surface area (Å²) < 4.78 is 19.0. The molecule has 0 bridgehead atoms. The second-order valence-corrected chi connectivity index (χ2v) is 4.85. The SMILES string of the molecule is O=C(/C=C/C1=Cc2ccccc2OC1)Nc1ccccc1F. The smallest absolute Gasteiger partial charge is 0.248 e. The molecule has 0 unspecified atom stereocenters. The Labute approximate surface area is 127 Å². The number of para-hydroxylation sites is 2. The fraction of sp³-hybridized carbons (Fsp3) is 0.0556. The van der Waals surface area contributed by atoms with Crippen LogP contribution in [0.25, 0.3) is 6.08 Å². The van der Waals surface area contributed by atoms with Crippen molar-refractivity contribution in [2.75, 3.05) is 11.9 Å². The average Bonchev–Trinajstić information content (AvgIpc) is 2.55. The lowest BCUT2D eigenvalue weighted by Crippen LogP contribution is -2.10. The first-order chi connectivity index (χ1) is 10.7. The fourth-order valence-corrected chi connectivity index (χ4v) is 2.15. The maximum Gasteiger partial charge on any atom is 0.248 e. The summed E-state index contributed by atoms with van der Waals surface area (Å²) in [5, 5.41) is 2.50. The predicted molar refractivity (Wildman–Crippen MR) is 84.1 cm³/mol. The first-order valence-electron chi connectivity index (χ1n) is 6.88. The van der Waals surface area contributed by atoms with Gasteiger partial charge in [-0.1, -0.05) is 36.4 Å². The van der Waals surface area contributed by atoms with E-state index in [1.165, 1.54) is 18.2 Å². The lowest BCUT2D eigenvalue weighted by Gasteiger charge is -2.15. The molecule has 0 atom stereocenters. The van der Waals surface area contributed by atoms with Crippen LogP contribution in [0.1, 0.15) is 5.56 Å². The van der Waals surface area contributed by atoms with Gasteiger partial charge in [-0.3, -0.25) is 4.79 Å². The maximum absolute atomic E-state index is 13.4. The Balaban J connectivity index is 1.69. The highest BCUT2D eigenvalue weighted by Crippen LogP contribution is 2.26. The number of hydrogen-bond acceptors (Lipinski definition) is 2. The molecule has 4 heteroatoms. The monoisotopic (exact) mass is 295 g/mol. The van der Waals surface area contributed by atoms with Crippen LogP contribution in [0.3, 0.4) is 0 Å². The molecule has 1 heterocycles. The largest absolute Gasteiger partial charge is 0.488 e. The summed E-state index contributed by atoms with van der Waals surface area (Å²) >= 11 is 0. The van der Waals surface area contributed by atoms with Gasteiger partial charge in [0.05, 0.1) is 5.69 Å². The molecule has 1 amide bonds. The molecule has 22 heavy (non-hydrogen) atoms. The van der Waals surface area contributed by atoms with Gasteiger partial charge in [0, 0.05) is 11.6 Å². The Morgan fingerprint density at radius 1 is 1.14 bits per heavy atom. The van der Waals surface area contributed by atoms with Crippen molar-refractivity contribution in [3.05, 3.63) is 77.6 Å². The summed E-state index contributed by atoms with van der Waals surface area (Å²) in [6, 6.07) is 13.7. The van der Waals surface area contributed by atoms with Crippen LogP contribution in [0.2, 0.25) is 0 Å². The fourth-order valence-electron chi connectivity index (χ4n) is 2.15. The Hall–Kier alpha value is -2.88. The van der Waals surface area contributed by atoms with E-state index in [9.17, 15) is 9.18 Å². The van der Waals surface area contributed by atoms with E-state index in [2.05, 4.69) is 5.32 Å². The van der Waals surface area contributed by atoms with Crippen molar-refractivity contribution in [3.8, 4) is 5.75 Å². The van der Waals surface area contributed by atoms with Crippen molar-refractivity contribution in [1.82, 2.24) is 0 Å². The molecular weight excluding hydrogens is 281 g/mol. The number of nitrogens with one attached hydrogen (secondary N) is 1. The maximum atomic E-state index is 13.4. The summed E-state index contributed by atoms with van der Waals surface area (Å²) in [5.41, 5.74) is 2.02. The topological polar surface area (TPSA) is 38.3 Å². The van der Waals surface area contributed by atoms with Crippen LogP contribution < -0.4 is 10.1 Å². The zero-order valence-electron chi connectivity index (χ0n) is 11.8. The van der Waals surface area contributed by atoms with Crippen LogP contribution in [0.5, 0.6) is 5.75 Å². The van der Waals surface area contributed by atoms with Crippen molar-refractivity contribution < 1.29 is 13.9 Å². The zero-order valence-corrected chi connectivity index (χ0v) is 11.8. The molecule has 3 nitrogen and oxygen atoms in total. The van der Waals surface area contributed by atoms with Gasteiger partial charge in [0.1, 0.15) is 18.2 Å². The van der Waals surface area contributed by atoms with Crippen molar-refractivity contribution in [1.29, 1.82) is 0 Å². The Bertz CT molecular complexity index is 765. The number of rotatable bonds is 3. The standard InChI is InChI=1S/C18H14FNO2/c19-15-6-2-3-7-16(15)20-18(21)10-9-13-11-14-5-1-4-8-17(14)22-12-13/h1-11H,12H2,(H,20,21)/b10-9+. The minimum Gasteiger partial charge on any atom is -0.488 e. The molecule has 0 fully saturated rings. The summed E-state index contributed by atoms with van der Waals surface area (Å²) in [7, 11) is 0. The van der Waals surface area contributed by atoms with E-state index in [-0.39, 0.29) is 11.6 Å². The number of amides is 1. The molecule has 0 aromatic heterocycles. The van der Waals surface area contributed by atoms with Crippen LogP contribution in [0, 0.1) is 5.82 Å². The highest BCUT2D eigenvalue weighted by Gasteiger charge is 2.09. The van der Waals surface area contributed by atoms with Crippen molar-refractivity contribution in [2.45, 2.75) is 0 Å². The molecule has 1 aliphatic heterocycles. The molecular formula is C18H14FNO2. The number of anilines is 1. The minimum atomic E-state index is -0.460. The number of halogens is 1. The van der Waals surface area contributed by atoms with E-state index in [4.69, 9.17) is 4.74 Å². The Morgan fingerprint density at radius 3 is 2.77 bits per heavy atom. The lowest BCUT2D eigenvalue weighted by atomic mass is 10.1. The normalized spacial score (nSPS) is 13.2. The Kier molecular flexibility index (Phi) is 4.01. The second kappa shape index (κ2) is 6.26. The zero-order chi connectivity index (χ0) is 15.4. The molecule has 0 spiro atoms. The van der Waals surface area contributed by atoms with Gasteiger partial charge in [-0.15, -0.1) is 0 Å². The van der Waals surface area contributed by atoms with Gasteiger partial charge in [-0.05, 0) is 29.8 Å². The number of carbonyl (C=O) groups excluding carboxylic acids is 1. The Morgan fingerprint density at radius 2 is 1.91 bits per heavy atom. The van der Waals surface area contributed by atoms with Crippen LogP contribution >= 0.6 is 0 Å². The van der Waals surface area contributed by atoms with E-state index in [1.54, 1.807) is 18.2 Å². The summed E-state index contributed by atoms with van der Waals surface area (Å²) in [5.74, 6) is -0.0151. The third kappa shape index (κ3) is 3.23. The van der Waals surface area contributed by atoms with E-state index in [1.807, 2.05) is 30.3 Å².